The molecule has 0 saturated carbocycles. The van der Waals surface area contributed by atoms with E-state index < -0.39 is 23.4 Å². The molecular weight excluding hydrogens is 369 g/mol. The molecule has 5 nitrogen and oxygen atoms in total. The number of amides is 1. The summed E-state index contributed by atoms with van der Waals surface area (Å²) in [7, 11) is 0. The second-order valence-electron chi connectivity index (χ2n) is 5.93. The summed E-state index contributed by atoms with van der Waals surface area (Å²) in [5.74, 6) is -4.39. The lowest BCUT2D eigenvalue weighted by atomic mass is 10.2. The highest BCUT2D eigenvalue weighted by molar-refractivity contribution is 5.93. The van der Waals surface area contributed by atoms with E-state index >= 15 is 0 Å². The number of anilines is 2. The van der Waals surface area contributed by atoms with Crippen molar-refractivity contribution >= 4 is 17.4 Å². The first-order chi connectivity index (χ1) is 13.5. The Labute approximate surface area is 159 Å². The number of nitrogens with one attached hydrogen (secondary N) is 2. The number of hydrogen-bond acceptors (Lipinski definition) is 4. The smallest absolute Gasteiger partial charge is 0.270 e. The van der Waals surface area contributed by atoms with Crippen LogP contribution < -0.4 is 10.6 Å². The standard InChI is InChI=1S/C20H17F3N4O/c1-2-10-24-20(28)15-11-16(25-14-9-8-13(21)17(22)18(14)23)27-19(26-15)12-6-4-3-5-7-12/h3-9,11H,2,10H2,1H3,(H,24,28)(H,25,26,27). The van der Waals surface area contributed by atoms with Crippen molar-refractivity contribution in [3.05, 3.63) is 71.7 Å². The van der Waals surface area contributed by atoms with Gasteiger partial charge in [-0.1, -0.05) is 37.3 Å². The van der Waals surface area contributed by atoms with Crippen molar-refractivity contribution in [1.82, 2.24) is 15.3 Å². The minimum Gasteiger partial charge on any atom is -0.351 e. The lowest BCUT2D eigenvalue weighted by Crippen LogP contribution is -2.25. The molecule has 0 atom stereocenters. The van der Waals surface area contributed by atoms with E-state index in [1.807, 2.05) is 13.0 Å². The Morgan fingerprint density at radius 2 is 1.75 bits per heavy atom. The molecular formula is C20H17F3N4O. The highest BCUT2D eigenvalue weighted by atomic mass is 19.2. The molecule has 0 aliphatic carbocycles. The van der Waals surface area contributed by atoms with Crippen LogP contribution in [0.2, 0.25) is 0 Å². The normalized spacial score (nSPS) is 10.6. The molecule has 144 valence electrons. The molecule has 28 heavy (non-hydrogen) atoms. The highest BCUT2D eigenvalue weighted by Crippen LogP contribution is 2.25. The Morgan fingerprint density at radius 1 is 1.00 bits per heavy atom. The number of nitrogens with zero attached hydrogens (tertiary/aromatic N) is 2. The molecule has 1 amide bonds. The van der Waals surface area contributed by atoms with E-state index in [-0.39, 0.29) is 23.0 Å². The Balaban J connectivity index is 2.02. The van der Waals surface area contributed by atoms with E-state index in [9.17, 15) is 18.0 Å². The maximum absolute atomic E-state index is 14.0. The third kappa shape index (κ3) is 4.28. The first-order valence-electron chi connectivity index (χ1n) is 8.62. The van der Waals surface area contributed by atoms with Crippen molar-refractivity contribution in [1.29, 1.82) is 0 Å². The Hall–Kier alpha value is -3.42. The van der Waals surface area contributed by atoms with Gasteiger partial charge in [-0.15, -0.1) is 0 Å². The van der Waals surface area contributed by atoms with Gasteiger partial charge < -0.3 is 10.6 Å². The Morgan fingerprint density at radius 3 is 2.46 bits per heavy atom. The summed E-state index contributed by atoms with van der Waals surface area (Å²) in [6.45, 7) is 2.37. The van der Waals surface area contributed by atoms with E-state index in [0.717, 1.165) is 18.6 Å². The monoisotopic (exact) mass is 386 g/mol. The molecule has 3 aromatic rings. The number of hydrogen-bond donors (Lipinski definition) is 2. The van der Waals surface area contributed by atoms with Gasteiger partial charge in [0.05, 0.1) is 5.69 Å². The van der Waals surface area contributed by atoms with E-state index in [1.165, 1.54) is 6.07 Å². The van der Waals surface area contributed by atoms with Crippen LogP contribution in [0.5, 0.6) is 0 Å². The molecule has 2 N–H and O–H groups in total. The van der Waals surface area contributed by atoms with Gasteiger partial charge in [0.15, 0.2) is 23.3 Å². The number of aromatic nitrogens is 2. The van der Waals surface area contributed by atoms with Crippen molar-refractivity contribution in [2.45, 2.75) is 13.3 Å². The number of carbonyl (C=O) groups is 1. The molecule has 0 spiro atoms. The van der Waals surface area contributed by atoms with Crippen LogP contribution in [-0.2, 0) is 0 Å². The number of carbonyl (C=O) groups excluding carboxylic acids is 1. The van der Waals surface area contributed by atoms with Gasteiger partial charge in [-0.25, -0.2) is 23.1 Å². The third-order valence-corrected chi connectivity index (χ3v) is 3.82. The topological polar surface area (TPSA) is 66.9 Å². The maximum Gasteiger partial charge on any atom is 0.270 e. The van der Waals surface area contributed by atoms with Crippen molar-refractivity contribution in [3.8, 4) is 11.4 Å². The summed E-state index contributed by atoms with van der Waals surface area (Å²) in [5, 5.41) is 5.29. The van der Waals surface area contributed by atoms with Crippen molar-refractivity contribution in [3.63, 3.8) is 0 Å². The first kappa shape index (κ1) is 19.3. The fraction of sp³-hybridized carbons (Fsp3) is 0.150. The summed E-state index contributed by atoms with van der Waals surface area (Å²) in [6.07, 6.45) is 0.744. The zero-order valence-corrected chi connectivity index (χ0v) is 15.0. The van der Waals surface area contributed by atoms with Gasteiger partial charge in [-0.05, 0) is 18.6 Å². The zero-order chi connectivity index (χ0) is 20.1. The summed E-state index contributed by atoms with van der Waals surface area (Å²) in [4.78, 5) is 20.9. The van der Waals surface area contributed by atoms with Crippen LogP contribution >= 0.6 is 0 Å². The van der Waals surface area contributed by atoms with E-state index in [0.29, 0.717) is 12.1 Å². The van der Waals surface area contributed by atoms with Crippen LogP contribution in [0.4, 0.5) is 24.7 Å². The quantitative estimate of drug-likeness (QED) is 0.615. The molecule has 1 heterocycles. The molecule has 0 saturated heterocycles. The van der Waals surface area contributed by atoms with Crippen LogP contribution in [-0.4, -0.2) is 22.4 Å². The van der Waals surface area contributed by atoms with Crippen LogP contribution in [0.15, 0.2) is 48.5 Å². The van der Waals surface area contributed by atoms with E-state index in [1.54, 1.807) is 24.3 Å². The molecule has 8 heteroatoms. The molecule has 0 aliphatic heterocycles. The van der Waals surface area contributed by atoms with Crippen LogP contribution in [0.25, 0.3) is 11.4 Å². The summed E-state index contributed by atoms with van der Waals surface area (Å²) >= 11 is 0. The molecule has 0 bridgehead atoms. The SMILES string of the molecule is CCCNC(=O)c1cc(Nc2ccc(F)c(F)c2F)nc(-c2ccccc2)n1. The van der Waals surface area contributed by atoms with Gasteiger partial charge in [-0.2, -0.15) is 0 Å². The molecule has 0 fully saturated rings. The largest absolute Gasteiger partial charge is 0.351 e. The van der Waals surface area contributed by atoms with E-state index in [4.69, 9.17) is 0 Å². The van der Waals surface area contributed by atoms with Gasteiger partial charge in [0.2, 0.25) is 0 Å². The average molecular weight is 386 g/mol. The van der Waals surface area contributed by atoms with Crippen molar-refractivity contribution < 1.29 is 18.0 Å². The molecule has 0 aliphatic rings. The Bertz CT molecular complexity index is 996. The highest BCUT2D eigenvalue weighted by Gasteiger charge is 2.16. The van der Waals surface area contributed by atoms with Gasteiger partial charge in [-0.3, -0.25) is 4.79 Å². The van der Waals surface area contributed by atoms with Gasteiger partial charge in [0.25, 0.3) is 5.91 Å². The summed E-state index contributed by atoms with van der Waals surface area (Å²) < 4.78 is 40.6. The van der Waals surface area contributed by atoms with Crippen molar-refractivity contribution in [2.24, 2.45) is 0 Å². The zero-order valence-electron chi connectivity index (χ0n) is 15.0. The summed E-state index contributed by atoms with van der Waals surface area (Å²) in [6, 6.07) is 12.1. The lowest BCUT2D eigenvalue weighted by Gasteiger charge is -2.11. The van der Waals surface area contributed by atoms with Crippen LogP contribution in [0.1, 0.15) is 23.8 Å². The number of rotatable bonds is 6. The van der Waals surface area contributed by atoms with Crippen LogP contribution in [0.3, 0.4) is 0 Å². The maximum atomic E-state index is 14.0. The number of benzene rings is 2. The second kappa shape index (κ2) is 8.51. The molecule has 3 rings (SSSR count). The summed E-state index contributed by atoms with van der Waals surface area (Å²) in [5.41, 5.74) is 0.394. The fourth-order valence-electron chi connectivity index (χ4n) is 2.43. The molecule has 0 radical (unpaired) electrons. The third-order valence-electron chi connectivity index (χ3n) is 3.82. The van der Waals surface area contributed by atoms with Gasteiger partial charge >= 0.3 is 0 Å². The van der Waals surface area contributed by atoms with Crippen LogP contribution in [0, 0.1) is 17.5 Å². The second-order valence-corrected chi connectivity index (χ2v) is 5.93. The average Bonchev–Trinajstić information content (AvgIpc) is 2.73. The molecule has 2 aromatic carbocycles. The first-order valence-corrected chi connectivity index (χ1v) is 8.62. The minimum atomic E-state index is -1.59. The van der Waals surface area contributed by atoms with Gasteiger partial charge in [0, 0.05) is 18.2 Å². The van der Waals surface area contributed by atoms with E-state index in [2.05, 4.69) is 20.6 Å². The lowest BCUT2D eigenvalue weighted by molar-refractivity contribution is 0.0948. The minimum absolute atomic E-state index is 0.0628. The van der Waals surface area contributed by atoms with Crippen molar-refractivity contribution in [2.75, 3.05) is 11.9 Å². The predicted molar refractivity (Wildman–Crippen MR) is 99.7 cm³/mol. The number of halogens is 3. The fourth-order valence-corrected chi connectivity index (χ4v) is 2.43. The molecule has 1 aromatic heterocycles. The Kier molecular flexibility index (Phi) is 5.88. The van der Waals surface area contributed by atoms with Gasteiger partial charge in [0.1, 0.15) is 11.5 Å². The predicted octanol–water partition coefficient (Wildman–Crippen LogP) is 4.44. The molecule has 0 unspecified atom stereocenters.